The van der Waals surface area contributed by atoms with Gasteiger partial charge in [0, 0.05) is 13.1 Å². The molecule has 1 aliphatic rings. The van der Waals surface area contributed by atoms with Crippen LogP contribution in [0.15, 0.2) is 0 Å². The zero-order valence-corrected chi connectivity index (χ0v) is 9.14. The summed E-state index contributed by atoms with van der Waals surface area (Å²) in [6, 6.07) is 0. The molecular formula is C9H15N5O2. The number of carbonyl (C=O) groups is 1. The fourth-order valence-electron chi connectivity index (χ4n) is 1.80. The SMILES string of the molecule is CCOC(=O)C1CCN(c2n[nH]c(N)n2)C1. The van der Waals surface area contributed by atoms with Gasteiger partial charge in [-0.05, 0) is 13.3 Å². The van der Waals surface area contributed by atoms with Crippen molar-refractivity contribution in [1.82, 2.24) is 15.2 Å². The Bertz CT molecular complexity index is 378. The predicted octanol–water partition coefficient (Wildman–Crippen LogP) is -0.224. The van der Waals surface area contributed by atoms with Gasteiger partial charge in [-0.25, -0.2) is 5.10 Å². The first-order valence-corrected chi connectivity index (χ1v) is 5.30. The number of esters is 1. The van der Waals surface area contributed by atoms with Crippen LogP contribution >= 0.6 is 0 Å². The van der Waals surface area contributed by atoms with Gasteiger partial charge in [-0.2, -0.15) is 4.98 Å². The van der Waals surface area contributed by atoms with Crippen molar-refractivity contribution in [3.63, 3.8) is 0 Å². The number of nitrogen functional groups attached to an aromatic ring is 1. The van der Waals surface area contributed by atoms with Crippen LogP contribution in [-0.2, 0) is 9.53 Å². The number of anilines is 2. The van der Waals surface area contributed by atoms with Gasteiger partial charge in [0.05, 0.1) is 12.5 Å². The maximum absolute atomic E-state index is 11.5. The van der Waals surface area contributed by atoms with E-state index in [0.717, 1.165) is 13.0 Å². The molecule has 1 unspecified atom stereocenters. The monoisotopic (exact) mass is 225 g/mol. The highest BCUT2D eigenvalue weighted by Gasteiger charge is 2.31. The normalized spacial score (nSPS) is 20.1. The Morgan fingerprint density at radius 1 is 1.75 bits per heavy atom. The van der Waals surface area contributed by atoms with Gasteiger partial charge in [-0.1, -0.05) is 0 Å². The highest BCUT2D eigenvalue weighted by molar-refractivity contribution is 5.74. The molecule has 3 N–H and O–H groups in total. The number of nitrogens with zero attached hydrogens (tertiary/aromatic N) is 3. The highest BCUT2D eigenvalue weighted by Crippen LogP contribution is 2.21. The molecule has 0 saturated carbocycles. The molecule has 1 saturated heterocycles. The van der Waals surface area contributed by atoms with Crippen LogP contribution in [0.1, 0.15) is 13.3 Å². The zero-order valence-electron chi connectivity index (χ0n) is 9.14. The third-order valence-corrected chi connectivity index (χ3v) is 2.58. The lowest BCUT2D eigenvalue weighted by atomic mass is 10.1. The van der Waals surface area contributed by atoms with Gasteiger partial charge in [0.25, 0.3) is 0 Å². The third-order valence-electron chi connectivity index (χ3n) is 2.58. The first-order chi connectivity index (χ1) is 7.70. The molecule has 2 heterocycles. The lowest BCUT2D eigenvalue weighted by Gasteiger charge is -2.12. The molecular weight excluding hydrogens is 210 g/mol. The summed E-state index contributed by atoms with van der Waals surface area (Å²) >= 11 is 0. The first-order valence-electron chi connectivity index (χ1n) is 5.30. The predicted molar refractivity (Wildman–Crippen MR) is 57.7 cm³/mol. The topological polar surface area (TPSA) is 97.1 Å². The summed E-state index contributed by atoms with van der Waals surface area (Å²) < 4.78 is 4.98. The molecule has 7 nitrogen and oxygen atoms in total. The van der Waals surface area contributed by atoms with Crippen molar-refractivity contribution in [2.45, 2.75) is 13.3 Å². The zero-order chi connectivity index (χ0) is 11.5. The van der Waals surface area contributed by atoms with E-state index < -0.39 is 0 Å². The molecule has 1 atom stereocenters. The van der Waals surface area contributed by atoms with E-state index >= 15 is 0 Å². The Kier molecular flexibility index (Phi) is 2.93. The number of nitrogens with one attached hydrogen (secondary N) is 1. The van der Waals surface area contributed by atoms with Crippen molar-refractivity contribution < 1.29 is 9.53 Å². The smallest absolute Gasteiger partial charge is 0.310 e. The molecule has 7 heteroatoms. The van der Waals surface area contributed by atoms with Gasteiger partial charge in [-0.3, -0.25) is 4.79 Å². The van der Waals surface area contributed by atoms with Crippen LogP contribution in [0.4, 0.5) is 11.9 Å². The fourth-order valence-corrected chi connectivity index (χ4v) is 1.80. The molecule has 1 aromatic heterocycles. The maximum Gasteiger partial charge on any atom is 0.310 e. The van der Waals surface area contributed by atoms with E-state index in [4.69, 9.17) is 10.5 Å². The molecule has 16 heavy (non-hydrogen) atoms. The lowest BCUT2D eigenvalue weighted by Crippen LogP contribution is -2.25. The Morgan fingerprint density at radius 2 is 2.56 bits per heavy atom. The van der Waals surface area contributed by atoms with Gasteiger partial charge in [-0.15, -0.1) is 5.10 Å². The van der Waals surface area contributed by atoms with Crippen LogP contribution in [0.2, 0.25) is 0 Å². The van der Waals surface area contributed by atoms with Crippen molar-refractivity contribution in [2.75, 3.05) is 30.3 Å². The summed E-state index contributed by atoms with van der Waals surface area (Å²) in [6.07, 6.45) is 0.771. The van der Waals surface area contributed by atoms with Crippen LogP contribution < -0.4 is 10.6 Å². The molecule has 1 fully saturated rings. The van der Waals surface area contributed by atoms with Crippen molar-refractivity contribution in [3.8, 4) is 0 Å². The average molecular weight is 225 g/mol. The van der Waals surface area contributed by atoms with Gasteiger partial charge >= 0.3 is 5.97 Å². The molecule has 2 rings (SSSR count). The number of hydrogen-bond donors (Lipinski definition) is 2. The van der Waals surface area contributed by atoms with E-state index in [9.17, 15) is 4.79 Å². The minimum absolute atomic E-state index is 0.0836. The summed E-state index contributed by atoms with van der Waals surface area (Å²) in [6.45, 7) is 3.57. The largest absolute Gasteiger partial charge is 0.466 e. The second kappa shape index (κ2) is 4.38. The lowest BCUT2D eigenvalue weighted by molar-refractivity contribution is -0.147. The molecule has 88 valence electrons. The van der Waals surface area contributed by atoms with Crippen molar-refractivity contribution in [1.29, 1.82) is 0 Å². The summed E-state index contributed by atoms with van der Waals surface area (Å²) in [7, 11) is 0. The number of aromatic nitrogens is 3. The number of H-pyrrole nitrogens is 1. The van der Waals surface area contributed by atoms with Crippen LogP contribution in [0.5, 0.6) is 0 Å². The first kappa shape index (κ1) is 10.7. The van der Waals surface area contributed by atoms with Crippen LogP contribution in [0, 0.1) is 5.92 Å². The van der Waals surface area contributed by atoms with Crippen molar-refractivity contribution >= 4 is 17.9 Å². The van der Waals surface area contributed by atoms with Crippen LogP contribution in [0.3, 0.4) is 0 Å². The number of hydrogen-bond acceptors (Lipinski definition) is 6. The quantitative estimate of drug-likeness (QED) is 0.690. The van der Waals surface area contributed by atoms with Gasteiger partial charge in [0.15, 0.2) is 0 Å². The van der Waals surface area contributed by atoms with Gasteiger partial charge in [0.2, 0.25) is 11.9 Å². The van der Waals surface area contributed by atoms with Gasteiger partial charge < -0.3 is 15.4 Å². The molecule has 0 bridgehead atoms. The Balaban J connectivity index is 1.95. The summed E-state index contributed by atoms with van der Waals surface area (Å²) in [5.74, 6) is 0.604. The van der Waals surface area contributed by atoms with E-state index in [0.29, 0.717) is 19.1 Å². The summed E-state index contributed by atoms with van der Waals surface area (Å²) in [5.41, 5.74) is 5.44. The van der Waals surface area contributed by atoms with Gasteiger partial charge in [0.1, 0.15) is 0 Å². The third kappa shape index (κ3) is 2.07. The summed E-state index contributed by atoms with van der Waals surface area (Å²) in [4.78, 5) is 17.4. The van der Waals surface area contributed by atoms with E-state index in [1.54, 1.807) is 6.92 Å². The van der Waals surface area contributed by atoms with E-state index in [2.05, 4.69) is 15.2 Å². The van der Waals surface area contributed by atoms with Crippen LogP contribution in [0.25, 0.3) is 0 Å². The number of nitrogens with two attached hydrogens (primary N) is 1. The molecule has 0 amide bonds. The minimum atomic E-state index is -0.145. The molecule has 0 spiro atoms. The second-order valence-electron chi connectivity index (χ2n) is 3.70. The van der Waals surface area contributed by atoms with E-state index in [-0.39, 0.29) is 17.8 Å². The number of carbonyl (C=O) groups excluding carboxylic acids is 1. The summed E-state index contributed by atoms with van der Waals surface area (Å²) in [5, 5.41) is 6.52. The standard InChI is InChI=1S/C9H15N5O2/c1-2-16-7(15)6-3-4-14(5-6)9-11-8(10)12-13-9/h6H,2-5H2,1H3,(H3,10,11,12,13). The molecule has 1 aliphatic heterocycles. The van der Waals surface area contributed by atoms with Crippen molar-refractivity contribution in [2.24, 2.45) is 5.92 Å². The number of rotatable bonds is 3. The van der Waals surface area contributed by atoms with Crippen LogP contribution in [-0.4, -0.2) is 40.8 Å². The second-order valence-corrected chi connectivity index (χ2v) is 3.70. The van der Waals surface area contributed by atoms with E-state index in [1.807, 2.05) is 4.90 Å². The fraction of sp³-hybridized carbons (Fsp3) is 0.667. The van der Waals surface area contributed by atoms with E-state index in [1.165, 1.54) is 0 Å². The minimum Gasteiger partial charge on any atom is -0.466 e. The van der Waals surface area contributed by atoms with Crippen molar-refractivity contribution in [3.05, 3.63) is 0 Å². The average Bonchev–Trinajstić information content (AvgIpc) is 2.85. The molecule has 0 aliphatic carbocycles. The number of aromatic amines is 1. The Hall–Kier alpha value is -1.79. The highest BCUT2D eigenvalue weighted by atomic mass is 16.5. The Labute approximate surface area is 93.0 Å². The maximum atomic E-state index is 11.5. The number of ether oxygens (including phenoxy) is 1. The molecule has 1 aromatic rings. The molecule has 0 aromatic carbocycles. The molecule has 0 radical (unpaired) electrons. The Morgan fingerprint density at radius 3 is 3.19 bits per heavy atom.